The van der Waals surface area contributed by atoms with E-state index >= 15 is 0 Å². The molecule has 0 aliphatic heterocycles. The number of nitrogens with zero attached hydrogens (tertiary/aromatic N) is 1. The molecule has 0 aliphatic rings. The fourth-order valence-electron chi connectivity index (χ4n) is 1.74. The van der Waals surface area contributed by atoms with Crippen LogP contribution in [0.15, 0.2) is 42.6 Å². The predicted octanol–water partition coefficient (Wildman–Crippen LogP) is 1.93. The van der Waals surface area contributed by atoms with Crippen molar-refractivity contribution in [2.24, 2.45) is 0 Å². The first-order valence-corrected chi connectivity index (χ1v) is 6.38. The minimum atomic E-state index is -0.832. The normalized spacial score (nSPS) is 10.1. The molecule has 21 heavy (non-hydrogen) atoms. The molecule has 2 aromatic rings. The Balaban J connectivity index is 1.98. The van der Waals surface area contributed by atoms with Gasteiger partial charge in [0.25, 0.3) is 5.91 Å². The van der Waals surface area contributed by atoms with Crippen LogP contribution in [0.1, 0.15) is 22.5 Å². The highest BCUT2D eigenvalue weighted by atomic mass is 16.4. The number of hydrogen-bond acceptors (Lipinski definition) is 4. The third-order valence-electron chi connectivity index (χ3n) is 2.86. The number of anilines is 2. The summed E-state index contributed by atoms with van der Waals surface area (Å²) >= 11 is 0. The van der Waals surface area contributed by atoms with E-state index in [0.29, 0.717) is 17.8 Å². The van der Waals surface area contributed by atoms with Crippen LogP contribution in [-0.2, 0) is 11.2 Å². The van der Waals surface area contributed by atoms with Gasteiger partial charge in [-0.1, -0.05) is 12.1 Å². The van der Waals surface area contributed by atoms with Crippen molar-refractivity contribution in [2.45, 2.75) is 12.8 Å². The van der Waals surface area contributed by atoms with Gasteiger partial charge in [-0.2, -0.15) is 0 Å². The number of pyridine rings is 1. The molecule has 0 fully saturated rings. The molecule has 1 amide bonds. The summed E-state index contributed by atoms with van der Waals surface area (Å²) < 4.78 is 0. The summed E-state index contributed by atoms with van der Waals surface area (Å²) in [5, 5.41) is 11.3. The van der Waals surface area contributed by atoms with Gasteiger partial charge in [0.05, 0.1) is 11.9 Å². The number of aromatic nitrogens is 1. The van der Waals surface area contributed by atoms with Crippen molar-refractivity contribution in [1.29, 1.82) is 0 Å². The highest BCUT2D eigenvalue weighted by molar-refractivity contribution is 6.02. The first kappa shape index (κ1) is 14.5. The monoisotopic (exact) mass is 285 g/mol. The molecular weight excluding hydrogens is 270 g/mol. The largest absolute Gasteiger partial charge is 0.481 e. The van der Waals surface area contributed by atoms with Gasteiger partial charge in [-0.25, -0.2) is 4.98 Å². The van der Waals surface area contributed by atoms with Crippen LogP contribution in [0.3, 0.4) is 0 Å². The molecule has 0 atom stereocenters. The standard InChI is InChI=1S/C15H15N3O3/c16-11-4-7-13(17-9-11)15(21)18-12-5-1-10(2-6-12)3-8-14(19)20/h1-2,4-7,9H,3,8,16H2,(H,18,21)(H,19,20). The summed E-state index contributed by atoms with van der Waals surface area (Å²) in [4.78, 5) is 26.4. The molecule has 2 rings (SSSR count). The zero-order valence-electron chi connectivity index (χ0n) is 11.2. The van der Waals surface area contributed by atoms with Crippen molar-refractivity contribution < 1.29 is 14.7 Å². The number of nitrogens with one attached hydrogen (secondary N) is 1. The van der Waals surface area contributed by atoms with Gasteiger partial charge in [0.1, 0.15) is 5.69 Å². The van der Waals surface area contributed by atoms with E-state index in [2.05, 4.69) is 10.3 Å². The molecule has 4 N–H and O–H groups in total. The SMILES string of the molecule is Nc1ccc(C(=O)Nc2ccc(CCC(=O)O)cc2)nc1. The lowest BCUT2D eigenvalue weighted by atomic mass is 10.1. The Morgan fingerprint density at radius 1 is 1.14 bits per heavy atom. The Morgan fingerprint density at radius 3 is 2.43 bits per heavy atom. The zero-order chi connectivity index (χ0) is 15.2. The number of amides is 1. The second-order valence-corrected chi connectivity index (χ2v) is 4.52. The van der Waals surface area contributed by atoms with E-state index < -0.39 is 5.97 Å². The number of carboxylic acids is 1. The number of aliphatic carboxylic acids is 1. The molecule has 1 heterocycles. The molecule has 0 aliphatic carbocycles. The van der Waals surface area contributed by atoms with Crippen LogP contribution in [0.4, 0.5) is 11.4 Å². The molecule has 0 radical (unpaired) electrons. The molecule has 0 saturated heterocycles. The van der Waals surface area contributed by atoms with Crippen LogP contribution in [0, 0.1) is 0 Å². The minimum Gasteiger partial charge on any atom is -0.481 e. The Hall–Kier alpha value is -2.89. The topological polar surface area (TPSA) is 105 Å². The fraction of sp³-hybridized carbons (Fsp3) is 0.133. The number of carbonyl (C=O) groups excluding carboxylic acids is 1. The number of aryl methyl sites for hydroxylation is 1. The van der Waals surface area contributed by atoms with E-state index in [1.165, 1.54) is 6.20 Å². The van der Waals surface area contributed by atoms with Crippen LogP contribution < -0.4 is 11.1 Å². The lowest BCUT2D eigenvalue weighted by Crippen LogP contribution is -2.13. The smallest absolute Gasteiger partial charge is 0.303 e. The second kappa shape index (κ2) is 6.51. The van der Waals surface area contributed by atoms with E-state index in [1.54, 1.807) is 36.4 Å². The number of nitrogen functional groups attached to an aromatic ring is 1. The van der Waals surface area contributed by atoms with Crippen LogP contribution >= 0.6 is 0 Å². The Morgan fingerprint density at radius 2 is 1.86 bits per heavy atom. The Labute approximate surface area is 121 Å². The van der Waals surface area contributed by atoms with Gasteiger partial charge in [-0.15, -0.1) is 0 Å². The van der Waals surface area contributed by atoms with E-state index in [0.717, 1.165) is 5.56 Å². The quantitative estimate of drug-likeness (QED) is 0.778. The van der Waals surface area contributed by atoms with E-state index in [-0.39, 0.29) is 18.0 Å². The first-order valence-electron chi connectivity index (χ1n) is 6.38. The summed E-state index contributed by atoms with van der Waals surface area (Å²) in [6.07, 6.45) is 1.97. The Kier molecular flexibility index (Phi) is 4.50. The number of carboxylic acid groups (broad SMARTS) is 1. The maximum absolute atomic E-state index is 11.9. The van der Waals surface area contributed by atoms with Gasteiger partial charge < -0.3 is 16.2 Å². The maximum Gasteiger partial charge on any atom is 0.303 e. The van der Waals surface area contributed by atoms with E-state index in [9.17, 15) is 9.59 Å². The third kappa shape index (κ3) is 4.31. The molecular formula is C15H15N3O3. The number of carbonyl (C=O) groups is 2. The molecule has 1 aromatic carbocycles. The second-order valence-electron chi connectivity index (χ2n) is 4.52. The Bertz CT molecular complexity index is 636. The maximum atomic E-state index is 11.9. The average molecular weight is 285 g/mol. The lowest BCUT2D eigenvalue weighted by Gasteiger charge is -2.06. The first-order chi connectivity index (χ1) is 10.0. The molecule has 108 valence electrons. The van der Waals surface area contributed by atoms with Crippen molar-refractivity contribution in [3.63, 3.8) is 0 Å². The number of benzene rings is 1. The minimum absolute atomic E-state index is 0.0844. The number of rotatable bonds is 5. The summed E-state index contributed by atoms with van der Waals surface area (Å²) in [5.74, 6) is -1.16. The summed E-state index contributed by atoms with van der Waals surface area (Å²) in [5.41, 5.74) is 7.81. The van der Waals surface area contributed by atoms with Crippen LogP contribution in [-0.4, -0.2) is 22.0 Å². The lowest BCUT2D eigenvalue weighted by molar-refractivity contribution is -0.136. The molecule has 1 aromatic heterocycles. The highest BCUT2D eigenvalue weighted by Gasteiger charge is 2.07. The van der Waals surface area contributed by atoms with Crippen LogP contribution in [0.5, 0.6) is 0 Å². The molecule has 0 spiro atoms. The van der Waals surface area contributed by atoms with Crippen molar-refractivity contribution >= 4 is 23.3 Å². The van der Waals surface area contributed by atoms with Crippen molar-refractivity contribution in [1.82, 2.24) is 4.98 Å². The van der Waals surface area contributed by atoms with Crippen molar-refractivity contribution in [3.05, 3.63) is 53.9 Å². The predicted molar refractivity (Wildman–Crippen MR) is 79.0 cm³/mol. The number of hydrogen-bond donors (Lipinski definition) is 3. The summed E-state index contributed by atoms with van der Waals surface area (Å²) in [6, 6.07) is 10.2. The van der Waals surface area contributed by atoms with Gasteiger partial charge in [0.2, 0.25) is 0 Å². The molecule has 6 nitrogen and oxygen atoms in total. The molecule has 0 bridgehead atoms. The summed E-state index contributed by atoms with van der Waals surface area (Å²) in [7, 11) is 0. The number of nitrogens with two attached hydrogens (primary N) is 1. The average Bonchev–Trinajstić information content (AvgIpc) is 2.47. The fourth-order valence-corrected chi connectivity index (χ4v) is 1.74. The van der Waals surface area contributed by atoms with E-state index in [4.69, 9.17) is 10.8 Å². The van der Waals surface area contributed by atoms with Gasteiger partial charge in [0.15, 0.2) is 0 Å². The van der Waals surface area contributed by atoms with Gasteiger partial charge in [-0.05, 0) is 36.2 Å². The van der Waals surface area contributed by atoms with Gasteiger partial charge in [0, 0.05) is 12.1 Å². The molecule has 0 unspecified atom stereocenters. The van der Waals surface area contributed by atoms with E-state index in [1.807, 2.05) is 0 Å². The third-order valence-corrected chi connectivity index (χ3v) is 2.86. The van der Waals surface area contributed by atoms with Gasteiger partial charge >= 0.3 is 5.97 Å². The molecule has 0 saturated carbocycles. The molecule has 6 heteroatoms. The van der Waals surface area contributed by atoms with Crippen molar-refractivity contribution in [3.8, 4) is 0 Å². The van der Waals surface area contributed by atoms with Gasteiger partial charge in [-0.3, -0.25) is 9.59 Å². The van der Waals surface area contributed by atoms with Crippen LogP contribution in [0.25, 0.3) is 0 Å². The summed E-state index contributed by atoms with van der Waals surface area (Å²) in [6.45, 7) is 0. The highest BCUT2D eigenvalue weighted by Crippen LogP contribution is 2.12. The van der Waals surface area contributed by atoms with Crippen molar-refractivity contribution in [2.75, 3.05) is 11.1 Å². The van der Waals surface area contributed by atoms with Crippen LogP contribution in [0.2, 0.25) is 0 Å². The zero-order valence-corrected chi connectivity index (χ0v) is 11.2.